The van der Waals surface area contributed by atoms with Crippen LogP contribution in [0, 0.1) is 22.7 Å². The topological polar surface area (TPSA) is 43.4 Å². The minimum absolute atomic E-state index is 0.0618. The lowest BCUT2D eigenvalue weighted by atomic mass is 9.52. The summed E-state index contributed by atoms with van der Waals surface area (Å²) in [5, 5.41) is 0. The summed E-state index contributed by atoms with van der Waals surface area (Å²) in [5.74, 6) is 1.45. The van der Waals surface area contributed by atoms with E-state index in [0.29, 0.717) is 30.5 Å². The molecule has 0 amide bonds. The van der Waals surface area contributed by atoms with Crippen molar-refractivity contribution < 1.29 is 14.3 Å². The predicted molar refractivity (Wildman–Crippen MR) is 96.9 cm³/mol. The molecule has 5 atom stereocenters. The molecule has 4 rings (SSSR count). The highest BCUT2D eigenvalue weighted by molar-refractivity contribution is 5.92. The van der Waals surface area contributed by atoms with Gasteiger partial charge in [-0.15, -0.1) is 0 Å². The molecule has 0 aromatic heterocycles. The van der Waals surface area contributed by atoms with Crippen molar-refractivity contribution in [3.05, 3.63) is 23.3 Å². The van der Waals surface area contributed by atoms with Crippen molar-refractivity contribution in [3.8, 4) is 0 Å². The maximum absolute atomic E-state index is 11.9. The van der Waals surface area contributed by atoms with Crippen molar-refractivity contribution in [1.82, 2.24) is 0 Å². The molecule has 2 saturated carbocycles. The van der Waals surface area contributed by atoms with E-state index in [0.717, 1.165) is 38.5 Å². The van der Waals surface area contributed by atoms with Gasteiger partial charge in [0.05, 0.1) is 0 Å². The first-order chi connectivity index (χ1) is 11.9. The molecule has 3 heteroatoms. The second-order valence-corrected chi connectivity index (χ2v) is 9.00. The Morgan fingerprint density at radius 2 is 2.04 bits per heavy atom. The van der Waals surface area contributed by atoms with Crippen LogP contribution >= 0.6 is 0 Å². The smallest absolute Gasteiger partial charge is 0.305 e. The van der Waals surface area contributed by atoms with Gasteiger partial charge < -0.3 is 4.74 Å². The van der Waals surface area contributed by atoms with Crippen LogP contribution in [0.1, 0.15) is 72.1 Å². The second kappa shape index (κ2) is 5.82. The summed E-state index contributed by atoms with van der Waals surface area (Å²) >= 11 is 0. The molecule has 2 fully saturated rings. The zero-order valence-electron chi connectivity index (χ0n) is 15.8. The maximum Gasteiger partial charge on any atom is 0.305 e. The fraction of sp³-hybridized carbons (Fsp3) is 0.727. The molecule has 4 aliphatic rings. The zero-order chi connectivity index (χ0) is 17.8. The van der Waals surface area contributed by atoms with Gasteiger partial charge in [0, 0.05) is 23.7 Å². The Bertz CT molecular complexity index is 673. The molecule has 0 aliphatic heterocycles. The second-order valence-electron chi connectivity index (χ2n) is 9.00. The lowest BCUT2D eigenvalue weighted by molar-refractivity contribution is -0.155. The van der Waals surface area contributed by atoms with E-state index in [9.17, 15) is 9.59 Å². The number of ketones is 1. The normalized spacial score (nSPS) is 42.7. The Hall–Kier alpha value is -1.38. The minimum Gasteiger partial charge on any atom is -0.462 e. The number of carbonyl (C=O) groups excluding carboxylic acids is 2. The van der Waals surface area contributed by atoms with Crippen LogP contribution < -0.4 is 0 Å². The van der Waals surface area contributed by atoms with Crippen molar-refractivity contribution >= 4 is 11.8 Å². The number of ether oxygens (including phenoxy) is 1. The third-order valence-electron chi connectivity index (χ3n) is 7.81. The Balaban J connectivity index is 1.66. The minimum atomic E-state index is -0.0618. The number of rotatable bonds is 2. The van der Waals surface area contributed by atoms with Gasteiger partial charge in [-0.1, -0.05) is 38.0 Å². The first kappa shape index (κ1) is 17.1. The van der Waals surface area contributed by atoms with Crippen molar-refractivity contribution in [2.45, 2.75) is 78.2 Å². The van der Waals surface area contributed by atoms with Gasteiger partial charge in [0.2, 0.25) is 0 Å². The van der Waals surface area contributed by atoms with Crippen LogP contribution in [0.3, 0.4) is 0 Å². The van der Waals surface area contributed by atoms with E-state index in [4.69, 9.17) is 4.74 Å². The highest BCUT2D eigenvalue weighted by atomic mass is 16.5. The van der Waals surface area contributed by atoms with Gasteiger partial charge in [-0.05, 0) is 56.4 Å². The highest BCUT2D eigenvalue weighted by Gasteiger charge is 2.57. The summed E-state index contributed by atoms with van der Waals surface area (Å²) in [6.45, 7) is 6.56. The molecule has 0 saturated heterocycles. The average Bonchev–Trinajstić information content (AvgIpc) is 2.92. The molecule has 0 spiro atoms. The zero-order valence-corrected chi connectivity index (χ0v) is 15.8. The van der Waals surface area contributed by atoms with E-state index in [2.05, 4.69) is 19.9 Å². The van der Waals surface area contributed by atoms with Crippen molar-refractivity contribution in [2.75, 3.05) is 0 Å². The van der Waals surface area contributed by atoms with Gasteiger partial charge in [0.1, 0.15) is 6.10 Å². The molecule has 0 N–H and O–H groups in total. The van der Waals surface area contributed by atoms with E-state index in [1.807, 2.05) is 13.0 Å². The van der Waals surface area contributed by atoms with Gasteiger partial charge >= 0.3 is 5.97 Å². The molecule has 4 aliphatic carbocycles. The molecule has 0 aromatic carbocycles. The van der Waals surface area contributed by atoms with Crippen LogP contribution in [-0.4, -0.2) is 17.9 Å². The van der Waals surface area contributed by atoms with Crippen LogP contribution in [0.25, 0.3) is 0 Å². The molecule has 25 heavy (non-hydrogen) atoms. The monoisotopic (exact) mass is 342 g/mol. The molecular formula is C22H30O3. The van der Waals surface area contributed by atoms with Crippen molar-refractivity contribution in [1.29, 1.82) is 0 Å². The van der Waals surface area contributed by atoms with E-state index >= 15 is 0 Å². The molecule has 0 radical (unpaired) electrons. The summed E-state index contributed by atoms with van der Waals surface area (Å²) < 4.78 is 5.83. The third-order valence-corrected chi connectivity index (χ3v) is 7.81. The van der Waals surface area contributed by atoms with Gasteiger partial charge in [0.25, 0.3) is 0 Å². The molecule has 136 valence electrons. The highest BCUT2D eigenvalue weighted by Crippen LogP contribution is 2.63. The van der Waals surface area contributed by atoms with Gasteiger partial charge in [-0.2, -0.15) is 0 Å². The third kappa shape index (κ3) is 2.45. The molecule has 4 unspecified atom stereocenters. The van der Waals surface area contributed by atoms with Crippen LogP contribution in [-0.2, 0) is 14.3 Å². The van der Waals surface area contributed by atoms with Gasteiger partial charge in [0.15, 0.2) is 5.78 Å². The van der Waals surface area contributed by atoms with E-state index in [-0.39, 0.29) is 22.9 Å². The quantitative estimate of drug-likeness (QED) is 0.537. The van der Waals surface area contributed by atoms with Crippen molar-refractivity contribution in [2.24, 2.45) is 22.7 Å². The van der Waals surface area contributed by atoms with Crippen LogP contribution in [0.2, 0.25) is 0 Å². The lowest BCUT2D eigenvalue weighted by Crippen LogP contribution is -2.46. The van der Waals surface area contributed by atoms with Crippen LogP contribution in [0.4, 0.5) is 0 Å². The number of hydrogen-bond donors (Lipinski definition) is 0. The van der Waals surface area contributed by atoms with E-state index in [1.165, 1.54) is 5.57 Å². The Morgan fingerprint density at radius 1 is 1.24 bits per heavy atom. The lowest BCUT2D eigenvalue weighted by Gasteiger charge is -2.53. The van der Waals surface area contributed by atoms with E-state index in [1.54, 1.807) is 5.57 Å². The Kier molecular flexibility index (Phi) is 3.97. The Morgan fingerprint density at radius 3 is 2.80 bits per heavy atom. The van der Waals surface area contributed by atoms with Crippen LogP contribution in [0.15, 0.2) is 23.3 Å². The van der Waals surface area contributed by atoms with Gasteiger partial charge in [-0.25, -0.2) is 0 Å². The Labute approximate surface area is 150 Å². The van der Waals surface area contributed by atoms with Crippen LogP contribution in [0.5, 0.6) is 0 Å². The standard InChI is InChI=1S/C22H30O3/c1-4-20(24)25-19-8-7-17-16-6-5-14-13-15(23)9-11-21(14,2)18(16)10-12-22(17,19)3/h10,13,16-17,19H,4-9,11-12H2,1-3H3/t16?,17?,19?,21?,22-/m0/s1. The number of esters is 1. The number of allylic oxidation sites excluding steroid dienone is 4. The van der Waals surface area contributed by atoms with Crippen molar-refractivity contribution in [3.63, 3.8) is 0 Å². The summed E-state index contributed by atoms with van der Waals surface area (Å²) in [6.07, 6.45) is 11.9. The number of carbonyl (C=O) groups is 2. The predicted octanol–water partition coefficient (Wildman–Crippen LogP) is 4.76. The molecular weight excluding hydrogens is 312 g/mol. The molecule has 3 nitrogen and oxygen atoms in total. The first-order valence-electron chi connectivity index (χ1n) is 10.0. The molecule has 0 bridgehead atoms. The largest absolute Gasteiger partial charge is 0.462 e. The van der Waals surface area contributed by atoms with Gasteiger partial charge in [-0.3, -0.25) is 9.59 Å². The number of hydrogen-bond acceptors (Lipinski definition) is 3. The molecule has 0 heterocycles. The fourth-order valence-electron chi connectivity index (χ4n) is 6.25. The first-order valence-corrected chi connectivity index (χ1v) is 10.0. The summed E-state index contributed by atoms with van der Waals surface area (Å²) in [7, 11) is 0. The maximum atomic E-state index is 11.9. The summed E-state index contributed by atoms with van der Waals surface area (Å²) in [4.78, 5) is 23.7. The fourth-order valence-corrected chi connectivity index (χ4v) is 6.25. The SMILES string of the molecule is CCC(=O)OC1CCC2C3CCC4=CC(=O)CCC4(C)C3=CC[C@]12C. The molecule has 0 aromatic rings. The summed E-state index contributed by atoms with van der Waals surface area (Å²) in [6, 6.07) is 0. The van der Waals surface area contributed by atoms with E-state index < -0.39 is 0 Å². The number of fused-ring (bicyclic) bond motifs is 5. The summed E-state index contributed by atoms with van der Waals surface area (Å²) in [5.41, 5.74) is 3.13. The average molecular weight is 342 g/mol.